The highest BCUT2D eigenvalue weighted by Gasteiger charge is 2.64. The van der Waals surface area contributed by atoms with Crippen molar-refractivity contribution in [1.82, 2.24) is 9.80 Å². The van der Waals surface area contributed by atoms with E-state index in [1.165, 1.54) is 0 Å². The summed E-state index contributed by atoms with van der Waals surface area (Å²) in [5.41, 5.74) is 0. The Morgan fingerprint density at radius 3 is 0.479 bits per heavy atom. The molecule has 0 aromatic heterocycles. The largest absolute Gasteiger partial charge is 0.394 e. The molecule has 0 aromatic rings. The van der Waals surface area contributed by atoms with Crippen LogP contribution in [0.25, 0.3) is 0 Å². The van der Waals surface area contributed by atoms with Gasteiger partial charge in [-0.3, -0.25) is 9.80 Å². The summed E-state index contributed by atoms with van der Waals surface area (Å²) in [5, 5.41) is 366. The van der Waals surface area contributed by atoms with Crippen LogP contribution in [0.3, 0.4) is 0 Å². The monoisotopic (exact) mass is 2080 g/mol. The minimum atomic E-state index is -2.14. The summed E-state index contributed by atoms with van der Waals surface area (Å²) in [4.78, 5) is 4.23. The average Bonchev–Trinajstić information content (AvgIpc) is 0.763. The SMILES string of the molecule is CC(C)CC1OC2OC3C(CO)OC(OC4C(CO)OC(OC5C(CO)OC(OC6C(CO)OC(OC7C(CO)OC(OC1C(O)C2O)C(O)C7O)C(O)C6O)C(O)C5O)C(O)C4O)C(O)C3O.CCC1OC2OC3C(CO)OC(OC4C(CO)OC(OC5C(CO)OC(OC6C(CO)OC(OC7C(CN8CCN(C(C)C)CC8)OC(OC1C(O)C2O)C(O)C7O)C(O)C6O)C(O)C5O)C(O)C4O)C(O)C3O. The van der Waals surface area contributed by atoms with E-state index in [-0.39, 0.29) is 31.3 Å². The van der Waals surface area contributed by atoms with Crippen LogP contribution in [0, 0.1) is 5.92 Å². The first kappa shape index (κ1) is 115. The van der Waals surface area contributed by atoms with Crippen LogP contribution in [0.2, 0.25) is 0 Å². The molecule has 0 aromatic carbocycles. The molecular weight excluding hydrogens is 1940 g/mol. The normalized spacial score (nSPS) is 53.3. The molecule has 45 rings (SSSR count). The number of rotatable bonds is 15. The zero-order valence-corrected chi connectivity index (χ0v) is 77.6. The van der Waals surface area contributed by atoms with Crippen molar-refractivity contribution in [2.24, 2.45) is 5.92 Å². The van der Waals surface area contributed by atoms with Crippen molar-refractivity contribution in [1.29, 1.82) is 0 Å². The topological polar surface area (TPSA) is 896 Å². The predicted octanol–water partition coefficient (Wildman–Crippen LogP) is -21.6. The van der Waals surface area contributed by atoms with E-state index in [2.05, 4.69) is 18.7 Å². The predicted molar refractivity (Wildman–Crippen MR) is 443 cm³/mol. The molecule has 0 aliphatic carbocycles. The molecule has 0 saturated carbocycles. The van der Waals surface area contributed by atoms with Crippen molar-refractivity contribution in [3.05, 3.63) is 0 Å². The molecule has 0 radical (unpaired) electrons. The first-order valence-electron chi connectivity index (χ1n) is 47.5. The minimum Gasteiger partial charge on any atom is -0.394 e. The molecule has 45 aliphatic heterocycles. The molecule has 45 heterocycles. The van der Waals surface area contributed by atoms with E-state index < -0.39 is 428 Å². The molecule has 142 heavy (non-hydrogen) atoms. The van der Waals surface area contributed by atoms with Gasteiger partial charge in [0.15, 0.2) is 75.5 Å². The zero-order valence-electron chi connectivity index (χ0n) is 77.6. The standard InChI is InChI=1S/C44H76N2O28.C39H66O29/c1-4-15-33-21(51)27(57)39(63-15)71-35-17(10-47)66-42(30(60)24(35)54)73-37-19(12-49)68-44(32(62)26(37)56)74-38-20(13-50)67-43(31(61)25(38)55)72-36-18(11-48)65-41(29(59)23(36)53)70-34-16(64-40(69-33)28(58)22(34)52)9-45-5-7-46(8-6-45)14(2)3;1-9(2)3-10-28-16(45)22(51)34(57-10)64-29-11(4-40)59-36(24(53)18(29)47)66-31-13(6-42)61-38(26(55)20(31)49)68-33-15(8-44)62-39(27(56)21(33)50)67-32-14(7-43)60-37(25(54)19(32)48)65-30-12(5-41)58-35(63-28)23(52)17(30)46/h14-44,47-62H,4-13H2,1-3H3;9-56H,3-8H2,1-2H3. The first-order valence-corrected chi connectivity index (χ1v) is 47.5. The lowest BCUT2D eigenvalue weighted by atomic mass is 9.92. The van der Waals surface area contributed by atoms with Gasteiger partial charge in [-0.05, 0) is 32.6 Å². The highest BCUT2D eigenvalue weighted by molar-refractivity contribution is 5.06. The fraction of sp³-hybridized carbons (Fsp3) is 1.00. The number of nitrogens with zero attached hydrogens (tertiary/aromatic N) is 2. The molecule has 45 aliphatic rings. The quantitative estimate of drug-likeness (QED) is 0.0724. The Morgan fingerprint density at radius 1 is 0.183 bits per heavy atom. The molecule has 0 spiro atoms. The molecule has 59 nitrogen and oxygen atoms in total. The smallest absolute Gasteiger partial charge is 0.187 e. The maximum Gasteiger partial charge on any atom is 0.187 e. The third-order valence-corrected chi connectivity index (χ3v) is 28.5. The van der Waals surface area contributed by atoms with Crippen molar-refractivity contribution < 1.29 is 282 Å². The van der Waals surface area contributed by atoms with Gasteiger partial charge in [0.2, 0.25) is 0 Å². The van der Waals surface area contributed by atoms with Gasteiger partial charge in [0, 0.05) is 38.8 Å². The summed E-state index contributed by atoms with van der Waals surface area (Å²) in [6, 6.07) is 0.241. The zero-order chi connectivity index (χ0) is 103. The van der Waals surface area contributed by atoms with Crippen molar-refractivity contribution in [3.63, 3.8) is 0 Å². The Labute approximate surface area is 809 Å². The van der Waals surface area contributed by atoms with E-state index in [0.29, 0.717) is 26.2 Å². The van der Waals surface area contributed by atoms with Crippen molar-refractivity contribution in [2.45, 2.75) is 422 Å². The van der Waals surface area contributed by atoms with Crippen LogP contribution < -0.4 is 0 Å². The highest BCUT2D eigenvalue weighted by atomic mass is 16.8. The van der Waals surface area contributed by atoms with Crippen LogP contribution in [0.4, 0.5) is 0 Å². The molecule has 24 bridgehead atoms. The minimum absolute atomic E-state index is 0.0147. The van der Waals surface area contributed by atoms with E-state index in [4.69, 9.17) is 114 Å². The van der Waals surface area contributed by atoms with Crippen LogP contribution in [-0.4, -0.2) is 645 Å². The van der Waals surface area contributed by atoms with Crippen LogP contribution in [-0.2, 0) is 114 Å². The molecule has 826 valence electrons. The number of hydrogen-bond donors (Lipinski definition) is 33. The summed E-state index contributed by atoms with van der Waals surface area (Å²) in [5.74, 6) is -0.222. The average molecular weight is 2080 g/mol. The van der Waals surface area contributed by atoms with Crippen LogP contribution in [0.15, 0.2) is 0 Å². The van der Waals surface area contributed by atoms with Crippen LogP contribution in [0.1, 0.15) is 47.5 Å². The van der Waals surface area contributed by atoms with Crippen LogP contribution in [0.5, 0.6) is 0 Å². The summed E-state index contributed by atoms with van der Waals surface area (Å²) in [6.45, 7) is 2.92. The second kappa shape index (κ2) is 49.8. The van der Waals surface area contributed by atoms with Crippen molar-refractivity contribution in [3.8, 4) is 0 Å². The Kier molecular flexibility index (Phi) is 40.4. The van der Waals surface area contributed by atoms with Gasteiger partial charge in [-0.15, -0.1) is 0 Å². The number of aliphatic hydroxyl groups is 33. The second-order valence-corrected chi connectivity index (χ2v) is 38.6. The summed E-state index contributed by atoms with van der Waals surface area (Å²) in [6.07, 6.45) is -111. The third kappa shape index (κ3) is 23.9. The lowest BCUT2D eigenvalue weighted by Crippen LogP contribution is -2.69. The van der Waals surface area contributed by atoms with Crippen molar-refractivity contribution >= 4 is 0 Å². The molecule has 60 unspecified atom stereocenters. The van der Waals surface area contributed by atoms with E-state index in [1.807, 2.05) is 4.90 Å². The maximum atomic E-state index is 11.9. The number of aliphatic hydroxyl groups excluding tert-OH is 33. The Hall–Kier alpha value is -2.36. The first-order chi connectivity index (χ1) is 67.5. The van der Waals surface area contributed by atoms with E-state index in [0.717, 1.165) is 0 Å². The Morgan fingerprint density at radius 2 is 0.324 bits per heavy atom. The van der Waals surface area contributed by atoms with Gasteiger partial charge >= 0.3 is 0 Å². The van der Waals surface area contributed by atoms with Crippen LogP contribution >= 0.6 is 0 Å². The lowest BCUT2D eigenvalue weighted by molar-refractivity contribution is -0.403. The molecule has 59 heteroatoms. The van der Waals surface area contributed by atoms with Crippen molar-refractivity contribution in [2.75, 3.05) is 92.2 Å². The molecule has 60 atom stereocenters. The molecule has 45 saturated heterocycles. The van der Waals surface area contributed by atoms with Gasteiger partial charge in [0.1, 0.15) is 281 Å². The fourth-order valence-electron chi connectivity index (χ4n) is 20.3. The van der Waals surface area contributed by atoms with Gasteiger partial charge in [0.25, 0.3) is 0 Å². The summed E-state index contributed by atoms with van der Waals surface area (Å²) >= 11 is 0. The maximum absolute atomic E-state index is 11.9. The van der Waals surface area contributed by atoms with E-state index in [9.17, 15) is 169 Å². The molecule has 33 N–H and O–H groups in total. The number of hydrogen-bond acceptors (Lipinski definition) is 59. The molecule has 45 fully saturated rings. The van der Waals surface area contributed by atoms with E-state index >= 15 is 0 Å². The van der Waals surface area contributed by atoms with Gasteiger partial charge < -0.3 is 282 Å². The third-order valence-electron chi connectivity index (χ3n) is 28.5. The number of piperazine rings is 1. The van der Waals surface area contributed by atoms with Gasteiger partial charge in [-0.2, -0.15) is 0 Å². The lowest BCUT2D eigenvalue weighted by Gasteiger charge is -2.51. The van der Waals surface area contributed by atoms with E-state index in [1.54, 1.807) is 20.8 Å². The molecular formula is C83H142N2O57. The fourth-order valence-corrected chi connectivity index (χ4v) is 20.3. The highest BCUT2D eigenvalue weighted by Crippen LogP contribution is 2.44. The summed E-state index contributed by atoms with van der Waals surface area (Å²) in [7, 11) is 0. The molecule has 0 amide bonds. The van der Waals surface area contributed by atoms with Gasteiger partial charge in [-0.1, -0.05) is 20.8 Å². The summed E-state index contributed by atoms with van der Waals surface area (Å²) < 4.78 is 140. The second-order valence-electron chi connectivity index (χ2n) is 38.6. The Balaban J connectivity index is 0.000000226. The van der Waals surface area contributed by atoms with Gasteiger partial charge in [0.05, 0.1) is 71.7 Å². The Bertz CT molecular complexity index is 3760. The van der Waals surface area contributed by atoms with Gasteiger partial charge in [-0.25, -0.2) is 0 Å². The number of ether oxygens (including phenoxy) is 24.